The smallest absolute Gasteiger partial charge is 0.338 e. The van der Waals surface area contributed by atoms with E-state index >= 15 is 0 Å². The second kappa shape index (κ2) is 7.36. The van der Waals surface area contributed by atoms with Gasteiger partial charge in [0.05, 0.1) is 0 Å². The van der Waals surface area contributed by atoms with Gasteiger partial charge in [-0.3, -0.25) is 4.84 Å². The number of esters is 1. The Morgan fingerprint density at radius 1 is 1.07 bits per heavy atom. The Bertz CT molecular complexity index is 1030. The van der Waals surface area contributed by atoms with Gasteiger partial charge in [-0.05, 0) is 40.5 Å². The molecule has 4 heteroatoms. The fourth-order valence-corrected chi connectivity index (χ4v) is 4.97. The van der Waals surface area contributed by atoms with Gasteiger partial charge in [0.1, 0.15) is 6.10 Å². The molecule has 3 aromatic carbocycles. The molecule has 2 aliphatic heterocycles. The SMILES string of the molecule is CC(C)(C)[C@H](OC(=O)C1CC2CCCN2O1)c1c2ccccc2cc2ccccc12. The molecule has 0 N–H and O–H groups in total. The zero-order valence-corrected chi connectivity index (χ0v) is 17.9. The highest BCUT2D eigenvalue weighted by molar-refractivity contribution is 6.02. The first-order valence-electron chi connectivity index (χ1n) is 11.0. The molecule has 0 aliphatic carbocycles. The number of hydrogen-bond donors (Lipinski definition) is 0. The lowest BCUT2D eigenvalue weighted by molar-refractivity contribution is -0.191. The van der Waals surface area contributed by atoms with Crippen molar-refractivity contribution in [2.75, 3.05) is 6.54 Å². The van der Waals surface area contributed by atoms with E-state index in [4.69, 9.17) is 9.57 Å². The van der Waals surface area contributed by atoms with Crippen molar-refractivity contribution in [1.82, 2.24) is 5.06 Å². The molecular weight excluding hydrogens is 374 g/mol. The summed E-state index contributed by atoms with van der Waals surface area (Å²) < 4.78 is 6.28. The number of carbonyl (C=O) groups excluding carboxylic acids is 1. The zero-order chi connectivity index (χ0) is 20.9. The second-order valence-electron chi connectivity index (χ2n) is 9.68. The lowest BCUT2D eigenvalue weighted by Gasteiger charge is -2.33. The Kier molecular flexibility index (Phi) is 4.79. The lowest BCUT2D eigenvalue weighted by Crippen LogP contribution is -2.31. The third-order valence-corrected chi connectivity index (χ3v) is 6.43. The Labute approximate surface area is 177 Å². The summed E-state index contributed by atoms with van der Waals surface area (Å²) in [6.07, 6.45) is 2.09. The van der Waals surface area contributed by atoms with Crippen LogP contribution in [0.3, 0.4) is 0 Å². The summed E-state index contributed by atoms with van der Waals surface area (Å²) in [4.78, 5) is 19.1. The van der Waals surface area contributed by atoms with Crippen molar-refractivity contribution in [2.45, 2.75) is 58.3 Å². The molecule has 4 nitrogen and oxygen atoms in total. The van der Waals surface area contributed by atoms with Crippen molar-refractivity contribution >= 4 is 27.5 Å². The van der Waals surface area contributed by atoms with Crippen LogP contribution in [0.5, 0.6) is 0 Å². The average molecular weight is 404 g/mol. The molecule has 0 saturated carbocycles. The van der Waals surface area contributed by atoms with E-state index < -0.39 is 6.10 Å². The predicted octanol–water partition coefficient (Wildman–Crippen LogP) is 5.79. The number of rotatable bonds is 3. The van der Waals surface area contributed by atoms with Crippen LogP contribution in [0.25, 0.3) is 21.5 Å². The molecular formula is C26H29NO3. The maximum Gasteiger partial charge on any atom is 0.338 e. The molecule has 2 saturated heterocycles. The Hall–Kier alpha value is -2.43. The molecule has 5 rings (SSSR count). The number of fused-ring (bicyclic) bond motifs is 3. The highest BCUT2D eigenvalue weighted by Gasteiger charge is 2.43. The van der Waals surface area contributed by atoms with Crippen LogP contribution in [-0.4, -0.2) is 29.7 Å². The van der Waals surface area contributed by atoms with Gasteiger partial charge < -0.3 is 4.74 Å². The van der Waals surface area contributed by atoms with Crippen LogP contribution >= 0.6 is 0 Å². The molecule has 156 valence electrons. The molecule has 0 bridgehead atoms. The van der Waals surface area contributed by atoms with E-state index in [-0.39, 0.29) is 17.5 Å². The van der Waals surface area contributed by atoms with E-state index in [9.17, 15) is 4.79 Å². The molecule has 2 fully saturated rings. The van der Waals surface area contributed by atoms with Gasteiger partial charge >= 0.3 is 5.97 Å². The monoisotopic (exact) mass is 403 g/mol. The molecule has 2 heterocycles. The molecule has 0 radical (unpaired) electrons. The van der Waals surface area contributed by atoms with Crippen LogP contribution < -0.4 is 0 Å². The van der Waals surface area contributed by atoms with Gasteiger partial charge in [0.15, 0.2) is 6.10 Å². The van der Waals surface area contributed by atoms with E-state index in [0.717, 1.165) is 52.9 Å². The van der Waals surface area contributed by atoms with E-state index in [1.54, 1.807) is 0 Å². The molecule has 3 atom stereocenters. The number of hydrogen-bond acceptors (Lipinski definition) is 4. The number of hydroxylamine groups is 2. The molecule has 3 aromatic rings. The quantitative estimate of drug-likeness (QED) is 0.410. The standard InChI is InChI=1S/C26H29NO3/c1-26(2,3)24(29-25(28)22-16-19-11-8-14-27(19)30-22)23-20-12-6-4-9-17(20)15-18-10-5-7-13-21(18)23/h4-7,9-10,12-13,15,19,22,24H,8,11,14,16H2,1-3H3/t19?,22?,24-/m1/s1. The highest BCUT2D eigenvalue weighted by atomic mass is 16.7. The lowest BCUT2D eigenvalue weighted by atomic mass is 9.80. The van der Waals surface area contributed by atoms with Crippen molar-refractivity contribution in [1.29, 1.82) is 0 Å². The van der Waals surface area contributed by atoms with Crippen molar-refractivity contribution in [2.24, 2.45) is 5.41 Å². The van der Waals surface area contributed by atoms with Crippen molar-refractivity contribution in [3.63, 3.8) is 0 Å². The molecule has 0 spiro atoms. The van der Waals surface area contributed by atoms with E-state index in [1.807, 2.05) is 5.06 Å². The first-order chi connectivity index (χ1) is 14.4. The van der Waals surface area contributed by atoms with Gasteiger partial charge in [0, 0.05) is 30.0 Å². The molecule has 0 amide bonds. The normalized spacial score (nSPS) is 23.0. The Morgan fingerprint density at radius 3 is 2.30 bits per heavy atom. The zero-order valence-electron chi connectivity index (χ0n) is 17.9. The van der Waals surface area contributed by atoms with Crippen molar-refractivity contribution in [3.05, 3.63) is 60.2 Å². The number of ether oxygens (including phenoxy) is 1. The van der Waals surface area contributed by atoms with Crippen molar-refractivity contribution in [3.8, 4) is 0 Å². The van der Waals surface area contributed by atoms with Crippen LogP contribution in [0.4, 0.5) is 0 Å². The number of benzene rings is 3. The third kappa shape index (κ3) is 3.38. The van der Waals surface area contributed by atoms with E-state index in [1.165, 1.54) is 0 Å². The van der Waals surface area contributed by atoms with Crippen LogP contribution in [0.1, 0.15) is 51.7 Å². The summed E-state index contributed by atoms with van der Waals surface area (Å²) in [6.45, 7) is 7.31. The van der Waals surface area contributed by atoms with E-state index in [2.05, 4.69) is 75.4 Å². The first kappa shape index (κ1) is 19.5. The van der Waals surface area contributed by atoms with Gasteiger partial charge in [-0.15, -0.1) is 0 Å². The summed E-state index contributed by atoms with van der Waals surface area (Å²) in [5, 5.41) is 6.57. The van der Waals surface area contributed by atoms with Crippen LogP contribution in [0, 0.1) is 5.41 Å². The van der Waals surface area contributed by atoms with Crippen LogP contribution in [0.15, 0.2) is 54.6 Å². The maximum atomic E-state index is 13.2. The van der Waals surface area contributed by atoms with Crippen molar-refractivity contribution < 1.29 is 14.4 Å². The van der Waals surface area contributed by atoms with Gasteiger partial charge in [0.25, 0.3) is 0 Å². The number of nitrogens with zero attached hydrogens (tertiary/aromatic N) is 1. The summed E-state index contributed by atoms with van der Waals surface area (Å²) in [5.74, 6) is -0.249. The third-order valence-electron chi connectivity index (χ3n) is 6.43. The summed E-state index contributed by atoms with van der Waals surface area (Å²) in [5.41, 5.74) is 0.820. The van der Waals surface area contributed by atoms with Gasteiger partial charge in [0.2, 0.25) is 0 Å². The summed E-state index contributed by atoms with van der Waals surface area (Å²) >= 11 is 0. The predicted molar refractivity (Wildman–Crippen MR) is 119 cm³/mol. The minimum atomic E-state index is -0.499. The highest BCUT2D eigenvalue weighted by Crippen LogP contribution is 2.44. The first-order valence-corrected chi connectivity index (χ1v) is 11.0. The average Bonchev–Trinajstić information content (AvgIpc) is 3.32. The fourth-order valence-electron chi connectivity index (χ4n) is 4.97. The molecule has 2 aliphatic rings. The van der Waals surface area contributed by atoms with Gasteiger partial charge in [-0.2, -0.15) is 5.06 Å². The van der Waals surface area contributed by atoms with Gasteiger partial charge in [-0.25, -0.2) is 4.79 Å². The second-order valence-corrected chi connectivity index (χ2v) is 9.68. The van der Waals surface area contributed by atoms with Gasteiger partial charge in [-0.1, -0.05) is 69.3 Å². The van der Waals surface area contributed by atoms with Crippen LogP contribution in [-0.2, 0) is 14.4 Å². The largest absolute Gasteiger partial charge is 0.455 e. The molecule has 30 heavy (non-hydrogen) atoms. The summed E-state index contributed by atoms with van der Waals surface area (Å²) in [7, 11) is 0. The topological polar surface area (TPSA) is 38.8 Å². The molecule has 2 unspecified atom stereocenters. The number of carbonyl (C=O) groups is 1. The minimum Gasteiger partial charge on any atom is -0.455 e. The Morgan fingerprint density at radius 2 is 1.70 bits per heavy atom. The Balaban J connectivity index is 1.57. The maximum absolute atomic E-state index is 13.2. The van der Waals surface area contributed by atoms with Crippen LogP contribution in [0.2, 0.25) is 0 Å². The molecule has 0 aromatic heterocycles. The van der Waals surface area contributed by atoms with E-state index in [0.29, 0.717) is 6.04 Å². The fraction of sp³-hybridized carbons (Fsp3) is 0.423. The summed E-state index contributed by atoms with van der Waals surface area (Å²) in [6, 6.07) is 19.3. The minimum absolute atomic E-state index is 0.249.